The minimum Gasteiger partial charge on any atom is -0.452 e. The minimum atomic E-state index is -0.525. The molecular formula is C17H10BrN3O3. The number of carbonyl (C=O) groups is 1. The smallest absolute Gasteiger partial charge is 0.338 e. The standard InChI is InChI=1S/C17H10BrN3O3/c18-14-7-5-12(6-8-14)16-21-20-15(24-16)10-23-17(22)13-3-1-11(9-19)2-4-13/h1-8H,10H2. The number of carbonyl (C=O) groups excluding carboxylic acids is 1. The maximum atomic E-state index is 11.9. The molecule has 6 nitrogen and oxygen atoms in total. The molecule has 0 aliphatic rings. The summed E-state index contributed by atoms with van der Waals surface area (Å²) >= 11 is 3.35. The summed E-state index contributed by atoms with van der Waals surface area (Å²) in [5.74, 6) is 0.0321. The summed E-state index contributed by atoms with van der Waals surface area (Å²) < 4.78 is 11.6. The van der Waals surface area contributed by atoms with Crippen molar-refractivity contribution in [3.05, 3.63) is 70.0 Å². The molecule has 0 aliphatic heterocycles. The van der Waals surface area contributed by atoms with Gasteiger partial charge in [0.05, 0.1) is 17.2 Å². The summed E-state index contributed by atoms with van der Waals surface area (Å²) in [6.07, 6.45) is 0. The maximum absolute atomic E-state index is 11.9. The molecule has 0 amide bonds. The van der Waals surface area contributed by atoms with Gasteiger partial charge in [-0.05, 0) is 48.5 Å². The number of benzene rings is 2. The third-order valence-electron chi connectivity index (χ3n) is 3.13. The highest BCUT2D eigenvalue weighted by molar-refractivity contribution is 9.10. The van der Waals surface area contributed by atoms with Crippen LogP contribution in [0.25, 0.3) is 11.5 Å². The molecule has 7 heteroatoms. The van der Waals surface area contributed by atoms with Crippen molar-refractivity contribution >= 4 is 21.9 Å². The van der Waals surface area contributed by atoms with Crippen molar-refractivity contribution in [3.63, 3.8) is 0 Å². The molecule has 3 aromatic rings. The number of nitrogens with zero attached hydrogens (tertiary/aromatic N) is 3. The second-order valence-corrected chi connectivity index (χ2v) is 5.69. The van der Waals surface area contributed by atoms with Crippen molar-refractivity contribution in [2.45, 2.75) is 6.61 Å². The first-order chi connectivity index (χ1) is 11.7. The molecule has 118 valence electrons. The van der Waals surface area contributed by atoms with E-state index in [2.05, 4.69) is 26.1 Å². The van der Waals surface area contributed by atoms with Gasteiger partial charge in [0.2, 0.25) is 5.89 Å². The molecular weight excluding hydrogens is 374 g/mol. The first-order valence-electron chi connectivity index (χ1n) is 6.91. The Kier molecular flexibility index (Phi) is 4.68. The zero-order valence-electron chi connectivity index (χ0n) is 12.3. The number of ether oxygens (including phenoxy) is 1. The lowest BCUT2D eigenvalue weighted by Crippen LogP contribution is -2.05. The quantitative estimate of drug-likeness (QED) is 0.637. The summed E-state index contributed by atoms with van der Waals surface area (Å²) in [4.78, 5) is 11.9. The van der Waals surface area contributed by atoms with E-state index in [-0.39, 0.29) is 12.5 Å². The Hall–Kier alpha value is -2.98. The Morgan fingerprint density at radius 3 is 2.50 bits per heavy atom. The molecule has 0 atom stereocenters. The van der Waals surface area contributed by atoms with Crippen LogP contribution in [-0.4, -0.2) is 16.2 Å². The molecule has 0 N–H and O–H groups in total. The summed E-state index contributed by atoms with van der Waals surface area (Å²) in [7, 11) is 0. The average Bonchev–Trinajstić information content (AvgIpc) is 3.09. The van der Waals surface area contributed by atoms with E-state index in [1.807, 2.05) is 30.3 Å². The number of halogens is 1. The lowest BCUT2D eigenvalue weighted by molar-refractivity contribution is 0.0438. The van der Waals surface area contributed by atoms with Gasteiger partial charge in [-0.3, -0.25) is 0 Å². The molecule has 0 radical (unpaired) electrons. The van der Waals surface area contributed by atoms with Gasteiger partial charge < -0.3 is 9.15 Å². The van der Waals surface area contributed by atoms with Gasteiger partial charge in [0.15, 0.2) is 6.61 Å². The third-order valence-corrected chi connectivity index (χ3v) is 3.66. The van der Waals surface area contributed by atoms with Crippen molar-refractivity contribution in [2.24, 2.45) is 0 Å². The Morgan fingerprint density at radius 2 is 1.83 bits per heavy atom. The van der Waals surface area contributed by atoms with E-state index >= 15 is 0 Å². The number of rotatable bonds is 4. The fourth-order valence-corrected chi connectivity index (χ4v) is 2.18. The van der Waals surface area contributed by atoms with Crippen molar-refractivity contribution in [1.29, 1.82) is 5.26 Å². The summed E-state index contributed by atoms with van der Waals surface area (Å²) in [5, 5.41) is 16.5. The van der Waals surface area contributed by atoms with Crippen molar-refractivity contribution in [3.8, 4) is 17.5 Å². The van der Waals surface area contributed by atoms with E-state index in [0.717, 1.165) is 10.0 Å². The van der Waals surface area contributed by atoms with Crippen LogP contribution in [0.2, 0.25) is 0 Å². The van der Waals surface area contributed by atoms with Gasteiger partial charge in [0.1, 0.15) is 0 Å². The van der Waals surface area contributed by atoms with Crippen LogP contribution in [0.1, 0.15) is 21.8 Å². The maximum Gasteiger partial charge on any atom is 0.338 e. The molecule has 0 saturated carbocycles. The predicted octanol–water partition coefficient (Wildman–Crippen LogP) is 3.73. The van der Waals surface area contributed by atoms with Crippen LogP contribution in [0, 0.1) is 11.3 Å². The third kappa shape index (κ3) is 3.67. The largest absolute Gasteiger partial charge is 0.452 e. The molecule has 0 saturated heterocycles. The summed E-state index contributed by atoms with van der Waals surface area (Å²) in [6.45, 7) is -0.123. The van der Waals surface area contributed by atoms with Crippen molar-refractivity contribution < 1.29 is 13.9 Å². The fraction of sp³-hybridized carbons (Fsp3) is 0.0588. The van der Waals surface area contributed by atoms with Gasteiger partial charge in [-0.15, -0.1) is 10.2 Å². The monoisotopic (exact) mass is 383 g/mol. The zero-order valence-corrected chi connectivity index (χ0v) is 13.9. The van der Waals surface area contributed by atoms with Crippen LogP contribution in [0.3, 0.4) is 0 Å². The molecule has 1 aromatic heterocycles. The topological polar surface area (TPSA) is 89.0 Å². The van der Waals surface area contributed by atoms with Gasteiger partial charge in [-0.2, -0.15) is 5.26 Å². The van der Waals surface area contributed by atoms with Gasteiger partial charge in [0, 0.05) is 10.0 Å². The van der Waals surface area contributed by atoms with Gasteiger partial charge >= 0.3 is 5.97 Å². The van der Waals surface area contributed by atoms with Gasteiger partial charge in [0.25, 0.3) is 5.89 Å². The highest BCUT2D eigenvalue weighted by atomic mass is 79.9. The number of aromatic nitrogens is 2. The first kappa shape index (κ1) is 15.9. The SMILES string of the molecule is N#Cc1ccc(C(=O)OCc2nnc(-c3ccc(Br)cc3)o2)cc1. The lowest BCUT2D eigenvalue weighted by atomic mass is 10.1. The van der Waals surface area contributed by atoms with Crippen molar-refractivity contribution in [1.82, 2.24) is 10.2 Å². The second-order valence-electron chi connectivity index (χ2n) is 4.77. The predicted molar refractivity (Wildman–Crippen MR) is 87.7 cm³/mol. The van der Waals surface area contributed by atoms with Crippen LogP contribution in [-0.2, 0) is 11.3 Å². The number of hydrogen-bond donors (Lipinski definition) is 0. The first-order valence-corrected chi connectivity index (χ1v) is 7.70. The van der Waals surface area contributed by atoms with E-state index in [1.54, 1.807) is 12.1 Å². The van der Waals surface area contributed by atoms with Gasteiger partial charge in [-0.25, -0.2) is 4.79 Å². The summed E-state index contributed by atoms with van der Waals surface area (Å²) in [5.41, 5.74) is 1.60. The van der Waals surface area contributed by atoms with E-state index in [4.69, 9.17) is 14.4 Å². The van der Waals surface area contributed by atoms with E-state index < -0.39 is 5.97 Å². The van der Waals surface area contributed by atoms with Crippen LogP contribution >= 0.6 is 15.9 Å². The number of nitriles is 1. The highest BCUT2D eigenvalue weighted by Gasteiger charge is 2.12. The Labute approximate surface area is 145 Å². The van der Waals surface area contributed by atoms with Crippen LogP contribution in [0.15, 0.2) is 57.4 Å². The molecule has 0 aliphatic carbocycles. The second kappa shape index (κ2) is 7.06. The molecule has 0 bridgehead atoms. The van der Waals surface area contributed by atoms with E-state index in [1.165, 1.54) is 12.1 Å². The highest BCUT2D eigenvalue weighted by Crippen LogP contribution is 2.20. The molecule has 0 fully saturated rings. The van der Waals surface area contributed by atoms with Gasteiger partial charge in [-0.1, -0.05) is 15.9 Å². The average molecular weight is 384 g/mol. The van der Waals surface area contributed by atoms with Crippen LogP contribution < -0.4 is 0 Å². The van der Waals surface area contributed by atoms with Crippen molar-refractivity contribution in [2.75, 3.05) is 0 Å². The lowest BCUT2D eigenvalue weighted by Gasteiger charge is -2.01. The number of esters is 1. The van der Waals surface area contributed by atoms with E-state index in [9.17, 15) is 4.79 Å². The Balaban J connectivity index is 1.63. The fourth-order valence-electron chi connectivity index (χ4n) is 1.91. The zero-order chi connectivity index (χ0) is 16.9. The molecule has 0 spiro atoms. The molecule has 2 aromatic carbocycles. The Morgan fingerprint density at radius 1 is 1.12 bits per heavy atom. The normalized spacial score (nSPS) is 10.2. The number of hydrogen-bond acceptors (Lipinski definition) is 6. The van der Waals surface area contributed by atoms with Crippen LogP contribution in [0.4, 0.5) is 0 Å². The summed E-state index contributed by atoms with van der Waals surface area (Å²) in [6, 6.07) is 15.6. The molecule has 24 heavy (non-hydrogen) atoms. The Bertz CT molecular complexity index is 896. The minimum absolute atomic E-state index is 0.123. The van der Waals surface area contributed by atoms with Crippen LogP contribution in [0.5, 0.6) is 0 Å². The van der Waals surface area contributed by atoms with E-state index in [0.29, 0.717) is 17.0 Å². The molecule has 3 rings (SSSR count). The molecule has 1 heterocycles. The molecule has 0 unspecified atom stereocenters.